The normalized spacial score (nSPS) is 34.6. The third kappa shape index (κ3) is 4.54. The summed E-state index contributed by atoms with van der Waals surface area (Å²) in [6.45, 7) is 6.73. The fraction of sp³-hybridized carbons (Fsp3) is 0.571. The zero-order chi connectivity index (χ0) is 21.5. The lowest BCUT2D eigenvalue weighted by atomic mass is 9.43. The summed E-state index contributed by atoms with van der Waals surface area (Å²) in [5.41, 5.74) is 3.24. The van der Waals surface area contributed by atoms with Gasteiger partial charge in [-0.25, -0.2) is 0 Å². The number of para-hydroxylation sites is 1. The highest BCUT2D eigenvalue weighted by atomic mass is 16.5. The van der Waals surface area contributed by atoms with Crippen molar-refractivity contribution in [3.63, 3.8) is 0 Å². The molecule has 0 radical (unpaired) electrons. The van der Waals surface area contributed by atoms with Gasteiger partial charge in [-0.05, 0) is 73.0 Å². The largest absolute Gasteiger partial charge is 0.389 e. The van der Waals surface area contributed by atoms with E-state index in [0.29, 0.717) is 24.0 Å². The minimum atomic E-state index is -0.502. The number of hydrogen-bond acceptors (Lipinski definition) is 3. The van der Waals surface area contributed by atoms with Gasteiger partial charge in [0.05, 0.1) is 18.3 Å². The van der Waals surface area contributed by atoms with Crippen LogP contribution in [0.3, 0.4) is 0 Å². The van der Waals surface area contributed by atoms with Gasteiger partial charge in [-0.2, -0.15) is 0 Å². The number of rotatable bonds is 8. The van der Waals surface area contributed by atoms with Crippen LogP contribution in [0.15, 0.2) is 60.7 Å². The predicted molar refractivity (Wildman–Crippen MR) is 126 cm³/mol. The van der Waals surface area contributed by atoms with Crippen molar-refractivity contribution in [1.29, 1.82) is 0 Å². The molecule has 4 aliphatic carbocycles. The molecule has 166 valence electrons. The average Bonchev–Trinajstić information content (AvgIpc) is 2.71. The van der Waals surface area contributed by atoms with Gasteiger partial charge in [-0.3, -0.25) is 0 Å². The van der Waals surface area contributed by atoms with E-state index in [1.54, 1.807) is 0 Å². The highest BCUT2D eigenvalue weighted by Crippen LogP contribution is 2.67. The fourth-order valence-electron chi connectivity index (χ4n) is 7.79. The molecule has 0 heterocycles. The Kier molecular flexibility index (Phi) is 5.38. The fourth-order valence-corrected chi connectivity index (χ4v) is 7.79. The summed E-state index contributed by atoms with van der Waals surface area (Å²) < 4.78 is 6.64. The van der Waals surface area contributed by atoms with E-state index in [-0.39, 0.29) is 5.60 Å². The molecule has 2 aromatic rings. The van der Waals surface area contributed by atoms with E-state index in [9.17, 15) is 5.11 Å². The molecule has 4 aliphatic rings. The van der Waals surface area contributed by atoms with Crippen molar-refractivity contribution in [2.24, 2.45) is 16.7 Å². The minimum Gasteiger partial charge on any atom is -0.389 e. The van der Waals surface area contributed by atoms with E-state index in [1.807, 2.05) is 12.1 Å². The predicted octanol–water partition coefficient (Wildman–Crippen LogP) is 5.82. The zero-order valence-electron chi connectivity index (χ0n) is 19.1. The van der Waals surface area contributed by atoms with Crippen LogP contribution in [0.25, 0.3) is 0 Å². The molecule has 4 bridgehead atoms. The van der Waals surface area contributed by atoms with Gasteiger partial charge in [-0.15, -0.1) is 0 Å². The summed E-state index contributed by atoms with van der Waals surface area (Å²) in [6, 6.07) is 20.9. The Hall–Kier alpha value is -1.84. The Morgan fingerprint density at radius 3 is 2.13 bits per heavy atom. The molecule has 0 aromatic heterocycles. The lowest BCUT2D eigenvalue weighted by Crippen LogP contribution is -2.60. The van der Waals surface area contributed by atoms with Gasteiger partial charge in [0.1, 0.15) is 0 Å². The molecular formula is C28H37NO2. The van der Waals surface area contributed by atoms with Crippen LogP contribution in [0, 0.1) is 16.7 Å². The van der Waals surface area contributed by atoms with Crippen LogP contribution in [-0.2, 0) is 11.3 Å². The zero-order valence-corrected chi connectivity index (χ0v) is 19.1. The average molecular weight is 420 g/mol. The molecule has 3 atom stereocenters. The van der Waals surface area contributed by atoms with Gasteiger partial charge in [0.2, 0.25) is 0 Å². The second-order valence-corrected chi connectivity index (χ2v) is 11.5. The van der Waals surface area contributed by atoms with Crippen LogP contribution in [0.4, 0.5) is 5.69 Å². The third-order valence-electron chi connectivity index (χ3n) is 7.93. The molecule has 31 heavy (non-hydrogen) atoms. The number of benzene rings is 2. The van der Waals surface area contributed by atoms with E-state index in [0.717, 1.165) is 18.2 Å². The van der Waals surface area contributed by atoms with Gasteiger partial charge in [-0.1, -0.05) is 62.4 Å². The molecule has 6 rings (SSSR count). The van der Waals surface area contributed by atoms with Gasteiger partial charge in [0.25, 0.3) is 0 Å². The number of anilines is 1. The van der Waals surface area contributed by atoms with Gasteiger partial charge < -0.3 is 14.7 Å². The first kappa shape index (κ1) is 21.0. The Bertz CT molecular complexity index is 864. The molecule has 0 aliphatic heterocycles. The van der Waals surface area contributed by atoms with Crippen molar-refractivity contribution in [3.8, 4) is 0 Å². The maximum atomic E-state index is 11.0. The highest BCUT2D eigenvalue weighted by Gasteiger charge is 2.60. The molecule has 3 heteroatoms. The third-order valence-corrected chi connectivity index (χ3v) is 7.93. The van der Waals surface area contributed by atoms with E-state index >= 15 is 0 Å². The first-order valence-corrected chi connectivity index (χ1v) is 12.0. The standard InChI is InChI=1S/C28H37NO2/c1-26-13-23-14-27(2,19-26)21-28(15-23,20-26)31-18-25(30)17-29(24-11-7-4-8-12-24)16-22-9-5-3-6-10-22/h3-12,23,25,30H,13-21H2,1-2H3. The van der Waals surface area contributed by atoms with Crippen molar-refractivity contribution in [2.75, 3.05) is 18.1 Å². The second-order valence-electron chi connectivity index (χ2n) is 11.5. The summed E-state index contributed by atoms with van der Waals surface area (Å²) in [7, 11) is 0. The monoisotopic (exact) mass is 419 g/mol. The van der Waals surface area contributed by atoms with Crippen LogP contribution in [0.5, 0.6) is 0 Å². The quantitative estimate of drug-likeness (QED) is 0.585. The maximum Gasteiger partial charge on any atom is 0.0948 e. The van der Waals surface area contributed by atoms with Crippen molar-refractivity contribution >= 4 is 5.69 Å². The van der Waals surface area contributed by atoms with Crippen LogP contribution in [0.2, 0.25) is 0 Å². The number of hydrogen-bond donors (Lipinski definition) is 1. The molecule has 0 amide bonds. The SMILES string of the molecule is CC12CC3CC(C)(C1)CC(OCC(O)CN(Cc1ccccc1)c1ccccc1)(C3)C2. The van der Waals surface area contributed by atoms with Gasteiger partial charge in [0, 0.05) is 18.8 Å². The summed E-state index contributed by atoms with van der Waals surface area (Å²) in [5, 5.41) is 11.0. The smallest absolute Gasteiger partial charge is 0.0948 e. The molecule has 3 unspecified atom stereocenters. The lowest BCUT2D eigenvalue weighted by molar-refractivity contribution is -0.221. The number of aliphatic hydroxyl groups excluding tert-OH is 1. The topological polar surface area (TPSA) is 32.7 Å². The number of aliphatic hydroxyl groups is 1. The van der Waals surface area contributed by atoms with Crippen LogP contribution in [0.1, 0.15) is 57.9 Å². The van der Waals surface area contributed by atoms with E-state index in [2.05, 4.69) is 67.3 Å². The molecule has 4 fully saturated rings. The van der Waals surface area contributed by atoms with E-state index in [1.165, 1.54) is 44.1 Å². The molecule has 4 saturated carbocycles. The Morgan fingerprint density at radius 2 is 1.52 bits per heavy atom. The number of ether oxygens (including phenoxy) is 1. The second kappa shape index (κ2) is 7.94. The highest BCUT2D eigenvalue weighted by molar-refractivity contribution is 5.46. The van der Waals surface area contributed by atoms with Crippen LogP contribution >= 0.6 is 0 Å². The minimum absolute atomic E-state index is 0.0130. The summed E-state index contributed by atoms with van der Waals surface area (Å²) in [4.78, 5) is 2.27. The van der Waals surface area contributed by atoms with Gasteiger partial charge in [0.15, 0.2) is 0 Å². The van der Waals surface area contributed by atoms with Crippen molar-refractivity contribution in [3.05, 3.63) is 66.2 Å². The molecule has 1 N–H and O–H groups in total. The van der Waals surface area contributed by atoms with Crippen LogP contribution in [-0.4, -0.2) is 30.0 Å². The summed E-state index contributed by atoms with van der Waals surface area (Å²) in [5.74, 6) is 0.808. The molecule has 2 aromatic carbocycles. The first-order chi connectivity index (χ1) is 14.8. The van der Waals surface area contributed by atoms with Crippen LogP contribution < -0.4 is 4.90 Å². The summed E-state index contributed by atoms with van der Waals surface area (Å²) in [6.07, 6.45) is 7.12. The molecule has 0 spiro atoms. The van der Waals surface area contributed by atoms with Crippen molar-refractivity contribution in [1.82, 2.24) is 0 Å². The first-order valence-electron chi connectivity index (χ1n) is 12.0. The maximum absolute atomic E-state index is 11.0. The Labute approximate surface area is 187 Å². The Balaban J connectivity index is 1.26. The molecule has 0 saturated heterocycles. The van der Waals surface area contributed by atoms with Crippen molar-refractivity contribution in [2.45, 2.75) is 70.6 Å². The van der Waals surface area contributed by atoms with E-state index in [4.69, 9.17) is 4.74 Å². The molecular weight excluding hydrogens is 382 g/mol. The lowest BCUT2D eigenvalue weighted by Gasteiger charge is -2.65. The van der Waals surface area contributed by atoms with Gasteiger partial charge >= 0.3 is 0 Å². The van der Waals surface area contributed by atoms with Crippen molar-refractivity contribution < 1.29 is 9.84 Å². The summed E-state index contributed by atoms with van der Waals surface area (Å²) >= 11 is 0. The Morgan fingerprint density at radius 1 is 0.903 bits per heavy atom. The van der Waals surface area contributed by atoms with E-state index < -0.39 is 6.10 Å². The molecule has 3 nitrogen and oxygen atoms in total. The number of nitrogens with zero attached hydrogens (tertiary/aromatic N) is 1.